The van der Waals surface area contributed by atoms with E-state index in [1.54, 1.807) is 30.3 Å². The highest BCUT2D eigenvalue weighted by Gasteiger charge is 2.09. The lowest BCUT2D eigenvalue weighted by Crippen LogP contribution is -2.33. The number of hydrogen-bond donors (Lipinski definition) is 1. The van der Waals surface area contributed by atoms with Gasteiger partial charge >= 0.3 is 5.97 Å². The standard InChI is InChI=1S/C17H20N2O3/c18-13-15(17(20)21)12-14-4-6-16(7-5-14)22-11-10-19-8-2-1-3-9-19/h4-7,12H,1-3,8-11H2,(H,20,21). The zero-order chi connectivity index (χ0) is 15.8. The fourth-order valence-corrected chi connectivity index (χ4v) is 2.44. The first-order valence-electron chi connectivity index (χ1n) is 7.49. The summed E-state index contributed by atoms with van der Waals surface area (Å²) < 4.78 is 5.70. The summed E-state index contributed by atoms with van der Waals surface area (Å²) in [6.07, 6.45) is 5.21. The molecule has 1 heterocycles. The average Bonchev–Trinajstić information content (AvgIpc) is 2.54. The molecule has 0 bridgehead atoms. The molecule has 1 aliphatic rings. The maximum atomic E-state index is 10.8. The summed E-state index contributed by atoms with van der Waals surface area (Å²) in [5, 5.41) is 17.5. The summed E-state index contributed by atoms with van der Waals surface area (Å²) >= 11 is 0. The van der Waals surface area contributed by atoms with E-state index in [1.807, 2.05) is 0 Å². The Kier molecular flexibility index (Phi) is 5.99. The normalized spacial score (nSPS) is 16.0. The second-order valence-electron chi connectivity index (χ2n) is 5.29. The van der Waals surface area contributed by atoms with Crippen molar-refractivity contribution < 1.29 is 14.6 Å². The molecular weight excluding hydrogens is 280 g/mol. The van der Waals surface area contributed by atoms with Gasteiger partial charge in [-0.3, -0.25) is 4.90 Å². The number of carboxylic acid groups (broad SMARTS) is 1. The number of nitrogens with zero attached hydrogens (tertiary/aromatic N) is 2. The zero-order valence-corrected chi connectivity index (χ0v) is 12.5. The highest BCUT2D eigenvalue weighted by atomic mass is 16.5. The van der Waals surface area contributed by atoms with Gasteiger partial charge in [0.15, 0.2) is 0 Å². The highest BCUT2D eigenvalue weighted by molar-refractivity contribution is 5.96. The van der Waals surface area contributed by atoms with E-state index in [0.717, 1.165) is 25.4 Å². The Hall–Kier alpha value is -2.32. The van der Waals surface area contributed by atoms with Crippen LogP contribution < -0.4 is 4.74 Å². The average molecular weight is 300 g/mol. The van der Waals surface area contributed by atoms with Crippen LogP contribution >= 0.6 is 0 Å². The molecule has 2 rings (SSSR count). The van der Waals surface area contributed by atoms with Gasteiger partial charge in [-0.2, -0.15) is 5.26 Å². The Morgan fingerprint density at radius 1 is 1.27 bits per heavy atom. The molecule has 0 saturated carbocycles. The first-order chi connectivity index (χ1) is 10.7. The summed E-state index contributed by atoms with van der Waals surface area (Å²) in [4.78, 5) is 13.2. The number of piperidine rings is 1. The van der Waals surface area contributed by atoms with Crippen LogP contribution in [0.1, 0.15) is 24.8 Å². The predicted molar refractivity (Wildman–Crippen MR) is 83.5 cm³/mol. The molecule has 116 valence electrons. The number of likely N-dealkylation sites (tertiary alicyclic amines) is 1. The number of carboxylic acids is 1. The quantitative estimate of drug-likeness (QED) is 0.645. The third-order valence-corrected chi connectivity index (χ3v) is 3.67. The Balaban J connectivity index is 1.84. The molecule has 0 aliphatic carbocycles. The van der Waals surface area contributed by atoms with Gasteiger partial charge in [0.05, 0.1) is 0 Å². The van der Waals surface area contributed by atoms with E-state index >= 15 is 0 Å². The molecule has 0 radical (unpaired) electrons. The van der Waals surface area contributed by atoms with Gasteiger partial charge < -0.3 is 9.84 Å². The molecule has 0 atom stereocenters. The van der Waals surface area contributed by atoms with Crippen molar-refractivity contribution in [3.05, 3.63) is 35.4 Å². The van der Waals surface area contributed by atoms with Gasteiger partial charge in [0.25, 0.3) is 0 Å². The zero-order valence-electron chi connectivity index (χ0n) is 12.5. The van der Waals surface area contributed by atoms with Crippen LogP contribution in [-0.4, -0.2) is 42.2 Å². The molecule has 1 aliphatic heterocycles. The molecule has 5 nitrogen and oxygen atoms in total. The molecule has 5 heteroatoms. The van der Waals surface area contributed by atoms with Crippen LogP contribution in [0.25, 0.3) is 6.08 Å². The molecule has 1 saturated heterocycles. The van der Waals surface area contributed by atoms with Gasteiger partial charge in [0, 0.05) is 6.54 Å². The molecule has 0 aromatic heterocycles. The van der Waals surface area contributed by atoms with E-state index in [4.69, 9.17) is 15.1 Å². The SMILES string of the molecule is N#CC(=Cc1ccc(OCCN2CCCCC2)cc1)C(=O)O. The number of rotatable bonds is 6. The molecule has 1 aromatic rings. The minimum absolute atomic E-state index is 0.279. The van der Waals surface area contributed by atoms with Gasteiger partial charge in [-0.05, 0) is 49.7 Å². The molecule has 0 amide bonds. The number of hydrogen-bond acceptors (Lipinski definition) is 4. The largest absolute Gasteiger partial charge is 0.492 e. The Morgan fingerprint density at radius 2 is 1.95 bits per heavy atom. The topological polar surface area (TPSA) is 73.6 Å². The van der Waals surface area contributed by atoms with Crippen LogP contribution in [0, 0.1) is 11.3 Å². The van der Waals surface area contributed by atoms with Crippen LogP contribution in [0.4, 0.5) is 0 Å². The van der Waals surface area contributed by atoms with E-state index < -0.39 is 5.97 Å². The van der Waals surface area contributed by atoms with E-state index in [0.29, 0.717) is 12.2 Å². The minimum Gasteiger partial charge on any atom is -0.492 e. The second-order valence-corrected chi connectivity index (χ2v) is 5.29. The van der Waals surface area contributed by atoms with E-state index in [9.17, 15) is 4.79 Å². The van der Waals surface area contributed by atoms with Gasteiger partial charge in [0.1, 0.15) is 24.0 Å². The number of carbonyl (C=O) groups is 1. The maximum Gasteiger partial charge on any atom is 0.346 e. The van der Waals surface area contributed by atoms with Crippen molar-refractivity contribution >= 4 is 12.0 Å². The Labute approximate surface area is 130 Å². The van der Waals surface area contributed by atoms with E-state index in [-0.39, 0.29) is 5.57 Å². The van der Waals surface area contributed by atoms with E-state index in [2.05, 4.69) is 4.90 Å². The van der Waals surface area contributed by atoms with Crippen molar-refractivity contribution in [2.45, 2.75) is 19.3 Å². The first-order valence-corrected chi connectivity index (χ1v) is 7.49. The smallest absolute Gasteiger partial charge is 0.346 e. The second kappa shape index (κ2) is 8.20. The van der Waals surface area contributed by atoms with Crippen LogP contribution in [0.3, 0.4) is 0 Å². The summed E-state index contributed by atoms with van der Waals surface area (Å²) in [6.45, 7) is 3.88. The lowest BCUT2D eigenvalue weighted by molar-refractivity contribution is -0.132. The molecule has 0 spiro atoms. The third kappa shape index (κ3) is 4.90. The van der Waals surface area contributed by atoms with Crippen molar-refractivity contribution in [3.8, 4) is 11.8 Å². The van der Waals surface area contributed by atoms with Crippen molar-refractivity contribution in [3.63, 3.8) is 0 Å². The molecule has 1 N–H and O–H groups in total. The Morgan fingerprint density at radius 3 is 2.55 bits per heavy atom. The summed E-state index contributed by atoms with van der Waals surface area (Å²) in [7, 11) is 0. The molecule has 1 fully saturated rings. The summed E-state index contributed by atoms with van der Waals surface area (Å²) in [6, 6.07) is 8.73. The highest BCUT2D eigenvalue weighted by Crippen LogP contribution is 2.15. The Bertz CT molecular complexity index is 567. The van der Waals surface area contributed by atoms with Crippen LogP contribution in [0.15, 0.2) is 29.8 Å². The van der Waals surface area contributed by atoms with Gasteiger partial charge in [-0.25, -0.2) is 4.79 Å². The van der Waals surface area contributed by atoms with Crippen LogP contribution in [-0.2, 0) is 4.79 Å². The first kappa shape index (κ1) is 16.1. The lowest BCUT2D eigenvalue weighted by Gasteiger charge is -2.26. The fourth-order valence-electron chi connectivity index (χ4n) is 2.44. The van der Waals surface area contributed by atoms with Crippen LogP contribution in [0.2, 0.25) is 0 Å². The number of aliphatic carboxylic acids is 1. The third-order valence-electron chi connectivity index (χ3n) is 3.67. The minimum atomic E-state index is -1.22. The maximum absolute atomic E-state index is 10.8. The van der Waals surface area contributed by atoms with Crippen molar-refractivity contribution in [2.24, 2.45) is 0 Å². The number of benzene rings is 1. The summed E-state index contributed by atoms with van der Waals surface area (Å²) in [5.41, 5.74) is 0.390. The van der Waals surface area contributed by atoms with Crippen molar-refractivity contribution in [2.75, 3.05) is 26.2 Å². The van der Waals surface area contributed by atoms with Crippen molar-refractivity contribution in [1.29, 1.82) is 5.26 Å². The predicted octanol–water partition coefficient (Wildman–Crippen LogP) is 2.54. The van der Waals surface area contributed by atoms with Gasteiger partial charge in [-0.1, -0.05) is 18.6 Å². The molecule has 1 aromatic carbocycles. The fraction of sp³-hybridized carbons (Fsp3) is 0.412. The molecular formula is C17H20N2O3. The number of nitriles is 1. The van der Waals surface area contributed by atoms with E-state index in [1.165, 1.54) is 25.3 Å². The monoisotopic (exact) mass is 300 g/mol. The number of ether oxygens (including phenoxy) is 1. The summed E-state index contributed by atoms with van der Waals surface area (Å²) in [5.74, 6) is -0.465. The van der Waals surface area contributed by atoms with Crippen molar-refractivity contribution in [1.82, 2.24) is 4.90 Å². The molecule has 0 unspecified atom stereocenters. The molecule has 22 heavy (non-hydrogen) atoms. The lowest BCUT2D eigenvalue weighted by atomic mass is 10.1. The van der Waals surface area contributed by atoms with Crippen LogP contribution in [0.5, 0.6) is 5.75 Å². The van der Waals surface area contributed by atoms with Gasteiger partial charge in [0.2, 0.25) is 0 Å². The van der Waals surface area contributed by atoms with Gasteiger partial charge in [-0.15, -0.1) is 0 Å².